The highest BCUT2D eigenvalue weighted by molar-refractivity contribution is 5.03. The Morgan fingerprint density at radius 2 is 1.66 bits per heavy atom. The molecule has 0 aromatic carbocycles. The zero-order valence-electron chi connectivity index (χ0n) is 19.1. The SMILES string of the molecule is CC(C)NCCN.NCCCCCCc1ccccn1.NCCN1CCCCC1. The second-order valence-corrected chi connectivity index (χ2v) is 7.86. The van der Waals surface area contributed by atoms with Gasteiger partial charge in [-0.25, -0.2) is 0 Å². The van der Waals surface area contributed by atoms with Crippen molar-refractivity contribution in [1.82, 2.24) is 15.2 Å². The lowest BCUT2D eigenvalue weighted by Gasteiger charge is -2.25. The molecule has 1 aromatic heterocycles. The molecular weight excluding hydrogens is 360 g/mol. The maximum absolute atomic E-state index is 5.42. The van der Waals surface area contributed by atoms with Gasteiger partial charge in [-0.3, -0.25) is 4.98 Å². The number of nitrogens with two attached hydrogens (primary N) is 3. The molecule has 6 heteroatoms. The quantitative estimate of drug-likeness (QED) is 0.419. The molecule has 0 aliphatic carbocycles. The van der Waals surface area contributed by atoms with Crippen molar-refractivity contribution in [3.8, 4) is 0 Å². The summed E-state index contributed by atoms with van der Waals surface area (Å²) in [5, 5.41) is 3.17. The minimum absolute atomic E-state index is 0.573. The highest BCUT2D eigenvalue weighted by Crippen LogP contribution is 2.07. The molecule has 1 saturated heterocycles. The zero-order valence-corrected chi connectivity index (χ0v) is 19.1. The first-order chi connectivity index (χ1) is 14.1. The van der Waals surface area contributed by atoms with Crippen molar-refractivity contribution in [1.29, 1.82) is 0 Å². The van der Waals surface area contributed by atoms with Crippen molar-refractivity contribution in [3.05, 3.63) is 30.1 Å². The van der Waals surface area contributed by atoms with Crippen LogP contribution in [0.2, 0.25) is 0 Å². The van der Waals surface area contributed by atoms with Crippen molar-refractivity contribution in [2.24, 2.45) is 17.2 Å². The molecule has 0 radical (unpaired) electrons. The molecule has 29 heavy (non-hydrogen) atoms. The normalized spacial score (nSPS) is 14.0. The third kappa shape index (κ3) is 20.0. The molecular formula is C23H48N6. The van der Waals surface area contributed by atoms with Crippen LogP contribution in [-0.2, 0) is 6.42 Å². The van der Waals surface area contributed by atoms with Crippen molar-refractivity contribution < 1.29 is 0 Å². The molecule has 0 spiro atoms. The van der Waals surface area contributed by atoms with E-state index < -0.39 is 0 Å². The van der Waals surface area contributed by atoms with Crippen LogP contribution in [0.15, 0.2) is 24.4 Å². The highest BCUT2D eigenvalue weighted by atomic mass is 15.1. The number of unbranched alkanes of at least 4 members (excludes halogenated alkanes) is 3. The van der Waals surface area contributed by atoms with Crippen molar-refractivity contribution >= 4 is 0 Å². The second kappa shape index (κ2) is 21.7. The first-order valence-corrected chi connectivity index (χ1v) is 11.6. The monoisotopic (exact) mass is 408 g/mol. The number of nitrogens with one attached hydrogen (secondary N) is 1. The molecule has 0 amide bonds. The van der Waals surface area contributed by atoms with Gasteiger partial charge in [0.2, 0.25) is 0 Å². The lowest BCUT2D eigenvalue weighted by molar-refractivity contribution is 0.235. The van der Waals surface area contributed by atoms with E-state index in [0.717, 1.165) is 45.6 Å². The van der Waals surface area contributed by atoms with E-state index in [4.69, 9.17) is 17.2 Å². The standard InChI is InChI=1S/C11H18N2.C7H16N2.C5H14N2/c12-9-5-2-1-3-7-11-8-4-6-10-13-11;8-4-7-9-5-2-1-3-6-9;1-5(2)7-4-3-6/h4,6,8,10H,1-3,5,7,9,12H2;1-8H2;5,7H,3-4,6H2,1-2H3. The van der Waals surface area contributed by atoms with E-state index in [1.807, 2.05) is 18.3 Å². The average Bonchev–Trinajstić information content (AvgIpc) is 2.75. The Morgan fingerprint density at radius 3 is 2.17 bits per heavy atom. The van der Waals surface area contributed by atoms with E-state index in [2.05, 4.69) is 35.1 Å². The molecule has 170 valence electrons. The fraction of sp³-hybridized carbons (Fsp3) is 0.783. The summed E-state index contributed by atoms with van der Waals surface area (Å²) in [4.78, 5) is 6.72. The molecule has 1 aliphatic heterocycles. The van der Waals surface area contributed by atoms with Crippen LogP contribution in [0.25, 0.3) is 0 Å². The summed E-state index contributed by atoms with van der Waals surface area (Å²) < 4.78 is 0. The van der Waals surface area contributed by atoms with Gasteiger partial charge in [0.15, 0.2) is 0 Å². The number of nitrogens with zero attached hydrogens (tertiary/aromatic N) is 2. The number of likely N-dealkylation sites (tertiary alicyclic amines) is 1. The van der Waals surface area contributed by atoms with Gasteiger partial charge in [-0.15, -0.1) is 0 Å². The minimum Gasteiger partial charge on any atom is -0.330 e. The molecule has 0 bridgehead atoms. The van der Waals surface area contributed by atoms with Gasteiger partial charge in [-0.05, 0) is 63.9 Å². The van der Waals surface area contributed by atoms with Crippen LogP contribution < -0.4 is 22.5 Å². The average molecular weight is 409 g/mol. The van der Waals surface area contributed by atoms with Crippen LogP contribution in [-0.4, -0.2) is 61.7 Å². The van der Waals surface area contributed by atoms with Gasteiger partial charge in [0.1, 0.15) is 0 Å². The number of aryl methyl sites for hydroxylation is 1. The number of hydrogen-bond acceptors (Lipinski definition) is 6. The van der Waals surface area contributed by atoms with Crippen LogP contribution in [0.5, 0.6) is 0 Å². The molecule has 6 nitrogen and oxygen atoms in total. The van der Waals surface area contributed by atoms with E-state index in [1.165, 1.54) is 57.3 Å². The van der Waals surface area contributed by atoms with Crippen LogP contribution >= 0.6 is 0 Å². The van der Waals surface area contributed by atoms with Gasteiger partial charge in [-0.1, -0.05) is 39.2 Å². The van der Waals surface area contributed by atoms with Crippen molar-refractivity contribution in [2.75, 3.05) is 45.8 Å². The Balaban J connectivity index is 0.000000430. The first kappa shape index (κ1) is 27.9. The van der Waals surface area contributed by atoms with Gasteiger partial charge >= 0.3 is 0 Å². The summed E-state index contributed by atoms with van der Waals surface area (Å²) in [5.74, 6) is 0. The smallest absolute Gasteiger partial charge is 0.0403 e. The Bertz CT molecular complexity index is 418. The van der Waals surface area contributed by atoms with Crippen LogP contribution in [0.4, 0.5) is 0 Å². The summed E-state index contributed by atoms with van der Waals surface area (Å²) in [6.45, 7) is 11.2. The van der Waals surface area contributed by atoms with Gasteiger partial charge in [0.05, 0.1) is 0 Å². The zero-order chi connectivity index (χ0) is 21.6. The lowest BCUT2D eigenvalue weighted by atomic mass is 10.1. The Kier molecular flexibility index (Phi) is 20.9. The van der Waals surface area contributed by atoms with Crippen LogP contribution in [0, 0.1) is 0 Å². The van der Waals surface area contributed by atoms with E-state index in [1.54, 1.807) is 0 Å². The lowest BCUT2D eigenvalue weighted by Crippen LogP contribution is -2.33. The third-order valence-corrected chi connectivity index (χ3v) is 4.70. The molecule has 1 aliphatic rings. The number of piperidine rings is 1. The summed E-state index contributed by atoms with van der Waals surface area (Å²) in [5.41, 5.74) is 17.2. The van der Waals surface area contributed by atoms with Crippen LogP contribution in [0.1, 0.15) is 64.5 Å². The number of rotatable bonds is 11. The molecule has 1 aromatic rings. The predicted octanol–water partition coefficient (Wildman–Crippen LogP) is 2.52. The summed E-state index contributed by atoms with van der Waals surface area (Å²) in [7, 11) is 0. The minimum atomic E-state index is 0.573. The molecule has 0 saturated carbocycles. The van der Waals surface area contributed by atoms with Gasteiger partial charge in [0.25, 0.3) is 0 Å². The van der Waals surface area contributed by atoms with Crippen LogP contribution in [0.3, 0.4) is 0 Å². The van der Waals surface area contributed by atoms with Gasteiger partial charge < -0.3 is 27.4 Å². The van der Waals surface area contributed by atoms with Crippen molar-refractivity contribution in [2.45, 2.75) is 71.3 Å². The maximum Gasteiger partial charge on any atom is 0.0403 e. The van der Waals surface area contributed by atoms with E-state index in [9.17, 15) is 0 Å². The number of hydrogen-bond donors (Lipinski definition) is 4. The van der Waals surface area contributed by atoms with Crippen molar-refractivity contribution in [3.63, 3.8) is 0 Å². The third-order valence-electron chi connectivity index (χ3n) is 4.70. The molecule has 1 fully saturated rings. The van der Waals surface area contributed by atoms with Gasteiger partial charge in [0, 0.05) is 44.1 Å². The Hall–Kier alpha value is -1.05. The Morgan fingerprint density at radius 1 is 0.931 bits per heavy atom. The highest BCUT2D eigenvalue weighted by Gasteiger charge is 2.07. The largest absolute Gasteiger partial charge is 0.330 e. The first-order valence-electron chi connectivity index (χ1n) is 11.6. The molecule has 0 unspecified atom stereocenters. The molecule has 7 N–H and O–H groups in total. The maximum atomic E-state index is 5.42. The molecule has 2 rings (SSSR count). The summed E-state index contributed by atoms with van der Waals surface area (Å²) in [6, 6.07) is 6.66. The topological polar surface area (TPSA) is 106 Å². The fourth-order valence-electron chi connectivity index (χ4n) is 3.09. The second-order valence-electron chi connectivity index (χ2n) is 7.86. The fourth-order valence-corrected chi connectivity index (χ4v) is 3.09. The molecule has 2 heterocycles. The molecule has 0 atom stereocenters. The Labute approximate surface area is 180 Å². The van der Waals surface area contributed by atoms with E-state index in [0.29, 0.717) is 6.04 Å². The number of aromatic nitrogens is 1. The number of pyridine rings is 1. The van der Waals surface area contributed by atoms with E-state index in [-0.39, 0.29) is 0 Å². The van der Waals surface area contributed by atoms with E-state index >= 15 is 0 Å². The summed E-state index contributed by atoms with van der Waals surface area (Å²) in [6.07, 6.45) is 12.0. The van der Waals surface area contributed by atoms with Gasteiger partial charge in [-0.2, -0.15) is 0 Å². The summed E-state index contributed by atoms with van der Waals surface area (Å²) >= 11 is 0. The predicted molar refractivity (Wildman–Crippen MR) is 127 cm³/mol.